The Bertz CT molecular complexity index is 446. The maximum atomic E-state index is 5.79. The second kappa shape index (κ2) is 8.22. The molecule has 0 spiro atoms. The molecule has 1 N–H and O–H groups in total. The highest BCUT2D eigenvalue weighted by Crippen LogP contribution is 2.13. The Labute approximate surface area is 132 Å². The standard InChI is InChI=1S/C17H27N3O2/c1-4-12-22-16(6-1)14-19-17(20-10-2-3-11-20)18-9-8-15-7-5-13-21-15/h5,7,13,16H,1-4,6,8-12,14H2,(H,18,19). The number of guanidine groups is 1. The summed E-state index contributed by atoms with van der Waals surface area (Å²) in [5, 5.41) is 3.50. The first-order valence-electron chi connectivity index (χ1n) is 8.59. The Morgan fingerprint density at radius 2 is 2.18 bits per heavy atom. The lowest BCUT2D eigenvalue weighted by atomic mass is 10.1. The van der Waals surface area contributed by atoms with Crippen molar-refractivity contribution in [3.05, 3.63) is 24.2 Å². The van der Waals surface area contributed by atoms with E-state index in [0.717, 1.165) is 57.3 Å². The summed E-state index contributed by atoms with van der Waals surface area (Å²) in [4.78, 5) is 7.19. The van der Waals surface area contributed by atoms with Crippen LogP contribution in [0, 0.1) is 0 Å². The van der Waals surface area contributed by atoms with Crippen LogP contribution in [0.1, 0.15) is 37.9 Å². The molecule has 5 heteroatoms. The first-order chi connectivity index (χ1) is 10.9. The summed E-state index contributed by atoms with van der Waals surface area (Å²) < 4.78 is 11.2. The molecule has 22 heavy (non-hydrogen) atoms. The minimum absolute atomic E-state index is 0.304. The van der Waals surface area contributed by atoms with Crippen LogP contribution in [0.5, 0.6) is 0 Å². The van der Waals surface area contributed by atoms with Crippen molar-refractivity contribution in [1.29, 1.82) is 0 Å². The van der Waals surface area contributed by atoms with E-state index in [1.807, 2.05) is 12.1 Å². The van der Waals surface area contributed by atoms with Gasteiger partial charge in [-0.15, -0.1) is 0 Å². The van der Waals surface area contributed by atoms with E-state index in [2.05, 4.69) is 10.2 Å². The SMILES string of the molecule is c1coc(CCNC(=NCC2CCCCO2)N2CCCC2)c1. The minimum Gasteiger partial charge on any atom is -0.469 e. The average molecular weight is 305 g/mol. The van der Waals surface area contributed by atoms with Crippen molar-refractivity contribution < 1.29 is 9.15 Å². The van der Waals surface area contributed by atoms with Crippen LogP contribution in [-0.2, 0) is 11.2 Å². The summed E-state index contributed by atoms with van der Waals surface area (Å²) in [6.07, 6.45) is 9.05. The van der Waals surface area contributed by atoms with E-state index < -0.39 is 0 Å². The smallest absolute Gasteiger partial charge is 0.194 e. The molecule has 5 nitrogen and oxygen atoms in total. The van der Waals surface area contributed by atoms with E-state index >= 15 is 0 Å². The predicted octanol–water partition coefficient (Wildman–Crippen LogP) is 2.43. The predicted molar refractivity (Wildman–Crippen MR) is 87.1 cm³/mol. The van der Waals surface area contributed by atoms with Crippen molar-refractivity contribution in [1.82, 2.24) is 10.2 Å². The molecule has 1 aromatic heterocycles. The Balaban J connectivity index is 1.51. The van der Waals surface area contributed by atoms with E-state index in [4.69, 9.17) is 14.1 Å². The van der Waals surface area contributed by atoms with Gasteiger partial charge in [0.2, 0.25) is 0 Å². The lowest BCUT2D eigenvalue weighted by Gasteiger charge is -2.24. The zero-order valence-corrected chi connectivity index (χ0v) is 13.3. The molecular formula is C17H27N3O2. The summed E-state index contributed by atoms with van der Waals surface area (Å²) in [7, 11) is 0. The molecule has 122 valence electrons. The van der Waals surface area contributed by atoms with Crippen molar-refractivity contribution in [2.75, 3.05) is 32.8 Å². The highest BCUT2D eigenvalue weighted by molar-refractivity contribution is 5.80. The molecule has 0 radical (unpaired) electrons. The number of nitrogens with zero attached hydrogens (tertiary/aromatic N) is 2. The number of likely N-dealkylation sites (tertiary alicyclic amines) is 1. The van der Waals surface area contributed by atoms with E-state index in [1.54, 1.807) is 6.26 Å². The van der Waals surface area contributed by atoms with E-state index in [0.29, 0.717) is 6.10 Å². The number of aliphatic imine (C=N–C) groups is 1. The van der Waals surface area contributed by atoms with Gasteiger partial charge in [0.25, 0.3) is 0 Å². The summed E-state index contributed by atoms with van der Waals surface area (Å²) >= 11 is 0. The maximum absolute atomic E-state index is 5.79. The Kier molecular flexibility index (Phi) is 5.76. The summed E-state index contributed by atoms with van der Waals surface area (Å²) in [5.74, 6) is 2.06. The van der Waals surface area contributed by atoms with Gasteiger partial charge in [0, 0.05) is 32.7 Å². The molecule has 3 heterocycles. The molecule has 1 aromatic rings. The van der Waals surface area contributed by atoms with E-state index in [9.17, 15) is 0 Å². The van der Waals surface area contributed by atoms with Crippen LogP contribution in [0.15, 0.2) is 27.8 Å². The lowest BCUT2D eigenvalue weighted by Crippen LogP contribution is -2.41. The van der Waals surface area contributed by atoms with Crippen LogP contribution in [-0.4, -0.2) is 49.7 Å². The van der Waals surface area contributed by atoms with Crippen LogP contribution < -0.4 is 5.32 Å². The molecule has 2 aliphatic rings. The third-order valence-electron chi connectivity index (χ3n) is 4.36. The summed E-state index contributed by atoms with van der Waals surface area (Å²) in [5.41, 5.74) is 0. The van der Waals surface area contributed by atoms with Gasteiger partial charge < -0.3 is 19.4 Å². The van der Waals surface area contributed by atoms with Crippen molar-refractivity contribution >= 4 is 5.96 Å². The van der Waals surface area contributed by atoms with Crippen LogP contribution >= 0.6 is 0 Å². The zero-order chi connectivity index (χ0) is 15.0. The number of hydrogen-bond donors (Lipinski definition) is 1. The normalized spacial score (nSPS) is 23.0. The molecule has 0 amide bonds. The molecule has 3 rings (SSSR count). The molecular weight excluding hydrogens is 278 g/mol. The molecule has 0 aliphatic carbocycles. The second-order valence-electron chi connectivity index (χ2n) is 6.10. The second-order valence-corrected chi connectivity index (χ2v) is 6.10. The summed E-state index contributed by atoms with van der Waals surface area (Å²) in [6.45, 7) is 4.75. The molecule has 1 unspecified atom stereocenters. The highest BCUT2D eigenvalue weighted by atomic mass is 16.5. The van der Waals surface area contributed by atoms with Crippen molar-refractivity contribution in [2.45, 2.75) is 44.6 Å². The molecule has 0 aromatic carbocycles. The Morgan fingerprint density at radius 1 is 1.27 bits per heavy atom. The van der Waals surface area contributed by atoms with E-state index in [1.165, 1.54) is 25.7 Å². The third kappa shape index (κ3) is 4.50. The largest absolute Gasteiger partial charge is 0.469 e. The van der Waals surface area contributed by atoms with Gasteiger partial charge in [0.1, 0.15) is 5.76 Å². The van der Waals surface area contributed by atoms with Crippen molar-refractivity contribution in [3.63, 3.8) is 0 Å². The first kappa shape index (κ1) is 15.4. The Hall–Kier alpha value is -1.49. The number of ether oxygens (including phenoxy) is 1. The quantitative estimate of drug-likeness (QED) is 0.670. The van der Waals surface area contributed by atoms with Gasteiger partial charge >= 0.3 is 0 Å². The van der Waals surface area contributed by atoms with Crippen molar-refractivity contribution in [2.24, 2.45) is 4.99 Å². The molecule has 2 aliphatic heterocycles. The average Bonchev–Trinajstić information content (AvgIpc) is 3.25. The number of furan rings is 1. The fourth-order valence-corrected chi connectivity index (χ4v) is 3.09. The first-order valence-corrected chi connectivity index (χ1v) is 8.59. The van der Waals surface area contributed by atoms with Crippen LogP contribution in [0.25, 0.3) is 0 Å². The fraction of sp³-hybridized carbons (Fsp3) is 0.706. The van der Waals surface area contributed by atoms with Gasteiger partial charge in [-0.05, 0) is 44.2 Å². The highest BCUT2D eigenvalue weighted by Gasteiger charge is 2.18. The van der Waals surface area contributed by atoms with Crippen LogP contribution in [0.2, 0.25) is 0 Å². The topological polar surface area (TPSA) is 50.0 Å². The maximum Gasteiger partial charge on any atom is 0.194 e. The van der Waals surface area contributed by atoms with Gasteiger partial charge in [-0.2, -0.15) is 0 Å². The number of rotatable bonds is 5. The summed E-state index contributed by atoms with van der Waals surface area (Å²) in [6, 6.07) is 3.95. The minimum atomic E-state index is 0.304. The van der Waals surface area contributed by atoms with Crippen LogP contribution in [0.3, 0.4) is 0 Å². The fourth-order valence-electron chi connectivity index (χ4n) is 3.09. The zero-order valence-electron chi connectivity index (χ0n) is 13.3. The molecule has 1 atom stereocenters. The number of nitrogens with one attached hydrogen (secondary N) is 1. The van der Waals surface area contributed by atoms with Gasteiger partial charge in [-0.25, -0.2) is 0 Å². The lowest BCUT2D eigenvalue weighted by molar-refractivity contribution is 0.0223. The van der Waals surface area contributed by atoms with Gasteiger partial charge in [-0.1, -0.05) is 0 Å². The van der Waals surface area contributed by atoms with Crippen LogP contribution in [0.4, 0.5) is 0 Å². The number of hydrogen-bond acceptors (Lipinski definition) is 3. The van der Waals surface area contributed by atoms with Crippen molar-refractivity contribution in [3.8, 4) is 0 Å². The van der Waals surface area contributed by atoms with Gasteiger partial charge in [0.05, 0.1) is 18.9 Å². The van der Waals surface area contributed by atoms with E-state index in [-0.39, 0.29) is 0 Å². The molecule has 0 bridgehead atoms. The molecule has 2 fully saturated rings. The van der Waals surface area contributed by atoms with Gasteiger partial charge in [-0.3, -0.25) is 4.99 Å². The van der Waals surface area contributed by atoms with Gasteiger partial charge in [0.15, 0.2) is 5.96 Å². The Morgan fingerprint density at radius 3 is 2.91 bits per heavy atom. The third-order valence-corrected chi connectivity index (χ3v) is 4.36. The molecule has 2 saturated heterocycles. The molecule has 0 saturated carbocycles. The monoisotopic (exact) mass is 305 g/mol.